The Labute approximate surface area is 198 Å². The Bertz CT molecular complexity index is 1500. The third-order valence-corrected chi connectivity index (χ3v) is 7.03. The maximum absolute atomic E-state index is 12.7. The van der Waals surface area contributed by atoms with Gasteiger partial charge in [-0.25, -0.2) is 9.97 Å². The standard InChI is InChI=1S/C26H28N6O2/c1-15-14-32(22-11-24(33)30(5)21-10-9-19(12-27)29-26(21)22)16(2)13-31(15)17(3)20-7-6-8-23-25(20)28-18(4)34-23/h6-11,15-17H,13-14H2,1-5H3/t15?,16-,17?/m0/s1. The molecule has 0 spiro atoms. The Hall–Kier alpha value is -3.70. The van der Waals surface area contributed by atoms with Crippen molar-refractivity contribution in [3.63, 3.8) is 0 Å². The molecule has 1 saturated heterocycles. The summed E-state index contributed by atoms with van der Waals surface area (Å²) in [6, 6.07) is 13.8. The number of fused-ring (bicyclic) bond motifs is 2. The smallest absolute Gasteiger partial charge is 0.252 e. The van der Waals surface area contributed by atoms with Crippen molar-refractivity contribution >= 4 is 27.8 Å². The molecule has 0 N–H and O–H groups in total. The topological polar surface area (TPSA) is 91.2 Å². The van der Waals surface area contributed by atoms with E-state index in [0.717, 1.165) is 41.0 Å². The quantitative estimate of drug-likeness (QED) is 0.461. The minimum atomic E-state index is -0.0854. The van der Waals surface area contributed by atoms with E-state index in [4.69, 9.17) is 4.42 Å². The molecule has 3 aromatic heterocycles. The molecule has 8 nitrogen and oxygen atoms in total. The van der Waals surface area contributed by atoms with Crippen molar-refractivity contribution in [1.82, 2.24) is 19.4 Å². The van der Waals surface area contributed by atoms with E-state index in [1.165, 1.54) is 0 Å². The van der Waals surface area contributed by atoms with E-state index >= 15 is 0 Å². The monoisotopic (exact) mass is 456 g/mol. The molecule has 8 heteroatoms. The highest BCUT2D eigenvalue weighted by molar-refractivity contribution is 5.89. The summed E-state index contributed by atoms with van der Waals surface area (Å²) in [5.41, 5.74) is 5.34. The highest BCUT2D eigenvalue weighted by Crippen LogP contribution is 2.34. The van der Waals surface area contributed by atoms with Crippen molar-refractivity contribution in [2.45, 2.75) is 45.8 Å². The van der Waals surface area contributed by atoms with E-state index in [0.29, 0.717) is 17.1 Å². The largest absolute Gasteiger partial charge is 0.441 e. The first-order valence-electron chi connectivity index (χ1n) is 11.6. The number of nitrogens with zero attached hydrogens (tertiary/aromatic N) is 6. The number of rotatable bonds is 3. The van der Waals surface area contributed by atoms with Crippen molar-refractivity contribution in [2.24, 2.45) is 7.05 Å². The van der Waals surface area contributed by atoms with Gasteiger partial charge < -0.3 is 13.9 Å². The zero-order valence-corrected chi connectivity index (χ0v) is 20.1. The molecule has 1 aliphatic rings. The summed E-state index contributed by atoms with van der Waals surface area (Å²) in [5.74, 6) is 0.669. The van der Waals surface area contributed by atoms with Crippen LogP contribution in [0.25, 0.3) is 22.1 Å². The van der Waals surface area contributed by atoms with Crippen molar-refractivity contribution < 1.29 is 4.42 Å². The lowest BCUT2D eigenvalue weighted by molar-refractivity contribution is 0.120. The highest BCUT2D eigenvalue weighted by Gasteiger charge is 2.34. The number of pyridine rings is 2. The fourth-order valence-electron chi connectivity index (χ4n) is 5.22. The highest BCUT2D eigenvalue weighted by atomic mass is 16.3. The number of nitriles is 1. The van der Waals surface area contributed by atoms with Crippen LogP contribution in [0.15, 0.2) is 45.6 Å². The van der Waals surface area contributed by atoms with Crippen molar-refractivity contribution in [1.29, 1.82) is 5.26 Å². The van der Waals surface area contributed by atoms with Gasteiger partial charge in [-0.2, -0.15) is 5.26 Å². The van der Waals surface area contributed by atoms with E-state index in [1.54, 1.807) is 29.8 Å². The Balaban J connectivity index is 1.51. The lowest BCUT2D eigenvalue weighted by Gasteiger charge is -2.47. The molecule has 4 aromatic rings. The van der Waals surface area contributed by atoms with E-state index in [1.807, 2.05) is 19.1 Å². The fraction of sp³-hybridized carbons (Fsp3) is 0.385. The van der Waals surface area contributed by atoms with E-state index < -0.39 is 0 Å². The van der Waals surface area contributed by atoms with E-state index in [9.17, 15) is 10.1 Å². The van der Waals surface area contributed by atoms with Crippen molar-refractivity contribution in [3.8, 4) is 6.07 Å². The number of benzene rings is 1. The van der Waals surface area contributed by atoms with Gasteiger partial charge in [-0.3, -0.25) is 9.69 Å². The molecule has 174 valence electrons. The van der Waals surface area contributed by atoms with Crippen LogP contribution in [0, 0.1) is 18.3 Å². The van der Waals surface area contributed by atoms with Crippen LogP contribution in [0.3, 0.4) is 0 Å². The third-order valence-electron chi connectivity index (χ3n) is 7.03. The number of anilines is 1. The van der Waals surface area contributed by atoms with Crippen LogP contribution in [0.4, 0.5) is 5.69 Å². The van der Waals surface area contributed by atoms with Gasteiger partial charge in [0.05, 0.1) is 11.2 Å². The number of hydrogen-bond acceptors (Lipinski definition) is 7. The van der Waals surface area contributed by atoms with Gasteiger partial charge in [0.15, 0.2) is 11.5 Å². The van der Waals surface area contributed by atoms with Gasteiger partial charge in [-0.1, -0.05) is 12.1 Å². The molecule has 5 rings (SSSR count). The van der Waals surface area contributed by atoms with Crippen LogP contribution >= 0.6 is 0 Å². The van der Waals surface area contributed by atoms with E-state index in [2.05, 4.69) is 52.7 Å². The van der Waals surface area contributed by atoms with Gasteiger partial charge in [0, 0.05) is 51.3 Å². The number of hydrogen-bond donors (Lipinski definition) is 0. The van der Waals surface area contributed by atoms with Crippen LogP contribution in [0.5, 0.6) is 0 Å². The summed E-state index contributed by atoms with van der Waals surface area (Å²) in [6.45, 7) is 10.0. The average Bonchev–Trinajstić information content (AvgIpc) is 3.22. The van der Waals surface area contributed by atoms with Gasteiger partial charge in [0.1, 0.15) is 22.8 Å². The molecule has 1 aromatic carbocycles. The first-order valence-corrected chi connectivity index (χ1v) is 11.6. The number of aryl methyl sites for hydroxylation is 2. The average molecular weight is 457 g/mol. The van der Waals surface area contributed by atoms with Gasteiger partial charge >= 0.3 is 0 Å². The summed E-state index contributed by atoms with van der Waals surface area (Å²) >= 11 is 0. The molecule has 3 atom stereocenters. The number of aromatic nitrogens is 3. The van der Waals surface area contributed by atoms with Gasteiger partial charge in [0.2, 0.25) is 0 Å². The number of para-hydroxylation sites is 1. The molecular weight excluding hydrogens is 428 g/mol. The summed E-state index contributed by atoms with van der Waals surface area (Å²) in [6.07, 6.45) is 0. The Morgan fingerprint density at radius 1 is 1.12 bits per heavy atom. The van der Waals surface area contributed by atoms with Gasteiger partial charge in [-0.15, -0.1) is 0 Å². The first kappa shape index (κ1) is 22.1. The molecule has 0 aliphatic carbocycles. The number of oxazole rings is 1. The molecule has 4 heterocycles. The zero-order chi connectivity index (χ0) is 24.1. The number of piperazine rings is 1. The molecule has 0 amide bonds. The maximum Gasteiger partial charge on any atom is 0.252 e. The fourth-order valence-corrected chi connectivity index (χ4v) is 5.22. The summed E-state index contributed by atoms with van der Waals surface area (Å²) in [7, 11) is 1.74. The minimum Gasteiger partial charge on any atom is -0.441 e. The van der Waals surface area contributed by atoms with Crippen LogP contribution in [-0.4, -0.2) is 44.6 Å². The molecule has 34 heavy (non-hydrogen) atoms. The summed E-state index contributed by atoms with van der Waals surface area (Å²) in [5, 5.41) is 9.38. The molecule has 1 aliphatic heterocycles. The second-order valence-electron chi connectivity index (χ2n) is 9.25. The van der Waals surface area contributed by atoms with Gasteiger partial charge in [-0.05, 0) is 44.5 Å². The normalized spacial score (nSPS) is 20.1. The molecule has 1 fully saturated rings. The molecule has 0 saturated carbocycles. The molecule has 0 bridgehead atoms. The minimum absolute atomic E-state index is 0.0854. The first-order chi connectivity index (χ1) is 16.3. The van der Waals surface area contributed by atoms with Crippen LogP contribution in [0.2, 0.25) is 0 Å². The van der Waals surface area contributed by atoms with Crippen molar-refractivity contribution in [3.05, 3.63) is 63.9 Å². The zero-order valence-electron chi connectivity index (χ0n) is 20.1. The summed E-state index contributed by atoms with van der Waals surface area (Å²) in [4.78, 5) is 26.7. The predicted octanol–water partition coefficient (Wildman–Crippen LogP) is 3.92. The Morgan fingerprint density at radius 3 is 2.68 bits per heavy atom. The molecule has 0 radical (unpaired) electrons. The maximum atomic E-state index is 12.7. The lowest BCUT2D eigenvalue weighted by Crippen LogP contribution is -2.57. The third kappa shape index (κ3) is 3.53. The van der Waals surface area contributed by atoms with Gasteiger partial charge in [0.25, 0.3) is 5.56 Å². The lowest BCUT2D eigenvalue weighted by atomic mass is 9.99. The predicted molar refractivity (Wildman–Crippen MR) is 132 cm³/mol. The second-order valence-corrected chi connectivity index (χ2v) is 9.25. The van der Waals surface area contributed by atoms with Crippen molar-refractivity contribution in [2.75, 3.05) is 18.0 Å². The van der Waals surface area contributed by atoms with Crippen LogP contribution in [0.1, 0.15) is 44.0 Å². The Morgan fingerprint density at radius 2 is 1.91 bits per heavy atom. The summed E-state index contributed by atoms with van der Waals surface area (Å²) < 4.78 is 7.33. The SMILES string of the molecule is Cc1nc2c(C(C)N3C[C@H](C)N(c4cc(=O)n(C)c5ccc(C#N)nc45)CC3C)cccc2o1. The van der Waals surface area contributed by atoms with Crippen LogP contribution in [-0.2, 0) is 7.05 Å². The van der Waals surface area contributed by atoms with E-state index in [-0.39, 0.29) is 23.7 Å². The molecule has 2 unspecified atom stereocenters. The Kier molecular flexibility index (Phi) is 5.37. The molecular formula is C26H28N6O2. The van der Waals surface area contributed by atoms with Crippen LogP contribution < -0.4 is 10.5 Å². The second kappa shape index (κ2) is 8.26.